The highest BCUT2D eigenvalue weighted by Crippen LogP contribution is 2.23. The molecule has 8 heteroatoms. The van der Waals surface area contributed by atoms with E-state index >= 15 is 0 Å². The van der Waals surface area contributed by atoms with Crippen molar-refractivity contribution in [1.82, 2.24) is 20.2 Å². The summed E-state index contributed by atoms with van der Waals surface area (Å²) >= 11 is 1.37. The van der Waals surface area contributed by atoms with Crippen LogP contribution in [0.3, 0.4) is 0 Å². The molecule has 94 valence electrons. The van der Waals surface area contributed by atoms with Gasteiger partial charge in [-0.1, -0.05) is 11.8 Å². The number of hydrogen-bond donors (Lipinski definition) is 1. The van der Waals surface area contributed by atoms with E-state index in [1.54, 1.807) is 12.1 Å². The van der Waals surface area contributed by atoms with Crippen molar-refractivity contribution in [2.75, 3.05) is 13.4 Å². The number of nitrogens with zero attached hydrogens (tertiary/aromatic N) is 4. The van der Waals surface area contributed by atoms with Crippen LogP contribution in [0, 0.1) is 0 Å². The second-order valence-corrected chi connectivity index (χ2v) is 4.04. The molecule has 1 aromatic heterocycles. The Labute approximate surface area is 107 Å². The van der Waals surface area contributed by atoms with Gasteiger partial charge < -0.3 is 9.84 Å². The SMILES string of the molecule is COc1ccc(-n2nnnc2SC)cc1C(=O)O. The molecule has 0 saturated heterocycles. The van der Waals surface area contributed by atoms with Gasteiger partial charge in [-0.3, -0.25) is 0 Å². The molecule has 0 unspecified atom stereocenters. The Morgan fingerprint density at radius 3 is 2.89 bits per heavy atom. The molecule has 18 heavy (non-hydrogen) atoms. The van der Waals surface area contributed by atoms with Gasteiger partial charge in [0.15, 0.2) is 0 Å². The molecule has 7 nitrogen and oxygen atoms in total. The quantitative estimate of drug-likeness (QED) is 0.828. The maximum absolute atomic E-state index is 11.1. The van der Waals surface area contributed by atoms with E-state index in [2.05, 4.69) is 15.5 Å². The molecule has 0 bridgehead atoms. The fourth-order valence-electron chi connectivity index (χ4n) is 1.46. The summed E-state index contributed by atoms with van der Waals surface area (Å²) in [7, 11) is 1.42. The van der Waals surface area contributed by atoms with Crippen molar-refractivity contribution in [2.24, 2.45) is 0 Å². The molecule has 0 aliphatic heterocycles. The topological polar surface area (TPSA) is 90.1 Å². The summed E-state index contributed by atoms with van der Waals surface area (Å²) in [5.41, 5.74) is 0.639. The van der Waals surface area contributed by atoms with E-state index in [9.17, 15) is 4.79 Å². The van der Waals surface area contributed by atoms with Crippen LogP contribution in [0.15, 0.2) is 23.4 Å². The first kappa shape index (κ1) is 12.4. The molecule has 0 atom stereocenters. The van der Waals surface area contributed by atoms with Crippen LogP contribution in [-0.2, 0) is 0 Å². The fraction of sp³-hybridized carbons (Fsp3) is 0.200. The van der Waals surface area contributed by atoms with E-state index in [-0.39, 0.29) is 5.56 Å². The van der Waals surface area contributed by atoms with Crippen molar-refractivity contribution in [3.05, 3.63) is 23.8 Å². The summed E-state index contributed by atoms with van der Waals surface area (Å²) < 4.78 is 6.46. The summed E-state index contributed by atoms with van der Waals surface area (Å²) in [6.45, 7) is 0. The van der Waals surface area contributed by atoms with Gasteiger partial charge in [-0.05, 0) is 34.9 Å². The van der Waals surface area contributed by atoms with Crippen molar-refractivity contribution in [2.45, 2.75) is 5.16 Å². The monoisotopic (exact) mass is 266 g/mol. The van der Waals surface area contributed by atoms with Crippen LogP contribution in [0.5, 0.6) is 5.75 Å². The predicted octanol–water partition coefficient (Wildman–Crippen LogP) is 1.09. The van der Waals surface area contributed by atoms with E-state index in [4.69, 9.17) is 9.84 Å². The fourth-order valence-corrected chi connectivity index (χ4v) is 1.90. The Balaban J connectivity index is 2.53. The summed E-state index contributed by atoms with van der Waals surface area (Å²) in [6, 6.07) is 4.74. The van der Waals surface area contributed by atoms with Gasteiger partial charge in [0.05, 0.1) is 12.8 Å². The number of benzene rings is 1. The van der Waals surface area contributed by atoms with Crippen LogP contribution in [0.2, 0.25) is 0 Å². The molecular formula is C10H10N4O3S. The molecule has 0 aliphatic rings. The van der Waals surface area contributed by atoms with Gasteiger partial charge >= 0.3 is 5.97 Å². The third-order valence-corrected chi connectivity index (χ3v) is 2.90. The molecule has 1 heterocycles. The normalized spacial score (nSPS) is 10.3. The number of carboxylic acid groups (broad SMARTS) is 1. The molecule has 1 N–H and O–H groups in total. The molecule has 0 spiro atoms. The number of thioether (sulfide) groups is 1. The summed E-state index contributed by atoms with van der Waals surface area (Å²) in [6.07, 6.45) is 1.84. The summed E-state index contributed by atoms with van der Waals surface area (Å²) in [5, 5.41) is 20.9. The maximum Gasteiger partial charge on any atom is 0.339 e. The van der Waals surface area contributed by atoms with Crippen LogP contribution in [0.25, 0.3) is 5.69 Å². The third kappa shape index (κ3) is 2.14. The highest BCUT2D eigenvalue weighted by Gasteiger charge is 2.14. The minimum Gasteiger partial charge on any atom is -0.496 e. The van der Waals surface area contributed by atoms with E-state index in [1.807, 2.05) is 6.26 Å². The lowest BCUT2D eigenvalue weighted by atomic mass is 10.2. The number of carbonyl (C=O) groups is 1. The lowest BCUT2D eigenvalue weighted by Crippen LogP contribution is -2.04. The molecule has 2 rings (SSSR count). The number of aromatic carboxylic acids is 1. The molecule has 0 fully saturated rings. The Kier molecular flexibility index (Phi) is 3.47. The number of ether oxygens (including phenoxy) is 1. The van der Waals surface area contributed by atoms with Gasteiger partial charge in [0.25, 0.3) is 0 Å². The number of rotatable bonds is 4. The van der Waals surface area contributed by atoms with E-state index in [1.165, 1.54) is 29.6 Å². The van der Waals surface area contributed by atoms with Crippen molar-refractivity contribution >= 4 is 17.7 Å². The molecule has 2 aromatic rings. The highest BCUT2D eigenvalue weighted by molar-refractivity contribution is 7.98. The standard InChI is InChI=1S/C10H10N4O3S/c1-17-8-4-3-6(5-7(8)9(15)16)14-10(18-2)11-12-13-14/h3-5H,1-2H3,(H,15,16). The van der Waals surface area contributed by atoms with Gasteiger partial charge in [0.2, 0.25) is 5.16 Å². The first-order valence-electron chi connectivity index (χ1n) is 4.91. The minimum absolute atomic E-state index is 0.0672. The molecule has 0 radical (unpaired) electrons. The number of carboxylic acids is 1. The average Bonchev–Trinajstić information content (AvgIpc) is 2.86. The van der Waals surface area contributed by atoms with E-state index in [0.29, 0.717) is 16.6 Å². The second-order valence-electron chi connectivity index (χ2n) is 3.27. The van der Waals surface area contributed by atoms with Crippen molar-refractivity contribution in [3.63, 3.8) is 0 Å². The molecular weight excluding hydrogens is 256 g/mol. The Morgan fingerprint density at radius 2 is 2.28 bits per heavy atom. The maximum atomic E-state index is 11.1. The number of hydrogen-bond acceptors (Lipinski definition) is 6. The molecule has 1 aromatic carbocycles. The summed E-state index contributed by atoms with van der Waals surface area (Å²) in [4.78, 5) is 11.1. The Hall–Kier alpha value is -2.09. The van der Waals surface area contributed by atoms with Crippen LogP contribution in [0.1, 0.15) is 10.4 Å². The van der Waals surface area contributed by atoms with Gasteiger partial charge in [0.1, 0.15) is 11.3 Å². The third-order valence-electron chi connectivity index (χ3n) is 2.28. The van der Waals surface area contributed by atoms with Crippen molar-refractivity contribution in [1.29, 1.82) is 0 Å². The minimum atomic E-state index is -1.06. The number of aromatic nitrogens is 4. The lowest BCUT2D eigenvalue weighted by Gasteiger charge is -2.07. The predicted molar refractivity (Wildman–Crippen MR) is 64.4 cm³/mol. The second kappa shape index (κ2) is 5.05. The first-order valence-corrected chi connectivity index (χ1v) is 6.14. The number of tetrazole rings is 1. The average molecular weight is 266 g/mol. The van der Waals surface area contributed by atoms with Crippen LogP contribution in [0.4, 0.5) is 0 Å². The van der Waals surface area contributed by atoms with Crippen LogP contribution < -0.4 is 4.74 Å². The van der Waals surface area contributed by atoms with Gasteiger partial charge in [-0.25, -0.2) is 4.79 Å². The largest absolute Gasteiger partial charge is 0.496 e. The smallest absolute Gasteiger partial charge is 0.339 e. The Bertz CT molecular complexity index is 584. The van der Waals surface area contributed by atoms with Gasteiger partial charge in [0, 0.05) is 0 Å². The summed E-state index contributed by atoms with van der Waals surface area (Å²) in [5.74, 6) is -0.766. The zero-order chi connectivity index (χ0) is 13.1. The van der Waals surface area contributed by atoms with Crippen molar-refractivity contribution in [3.8, 4) is 11.4 Å². The van der Waals surface area contributed by atoms with E-state index in [0.717, 1.165) is 0 Å². The van der Waals surface area contributed by atoms with Crippen molar-refractivity contribution < 1.29 is 14.6 Å². The first-order chi connectivity index (χ1) is 8.67. The van der Waals surface area contributed by atoms with Crippen LogP contribution in [-0.4, -0.2) is 44.6 Å². The Morgan fingerprint density at radius 1 is 1.50 bits per heavy atom. The zero-order valence-corrected chi connectivity index (χ0v) is 10.5. The molecule has 0 saturated carbocycles. The molecule has 0 amide bonds. The van der Waals surface area contributed by atoms with Crippen LogP contribution >= 0.6 is 11.8 Å². The lowest BCUT2D eigenvalue weighted by molar-refractivity contribution is 0.0693. The van der Waals surface area contributed by atoms with Gasteiger partial charge in [-0.15, -0.1) is 5.10 Å². The number of methoxy groups -OCH3 is 1. The molecule has 0 aliphatic carbocycles. The van der Waals surface area contributed by atoms with E-state index < -0.39 is 5.97 Å². The zero-order valence-electron chi connectivity index (χ0n) is 9.69. The van der Waals surface area contributed by atoms with Gasteiger partial charge in [-0.2, -0.15) is 4.68 Å². The highest BCUT2D eigenvalue weighted by atomic mass is 32.2.